The van der Waals surface area contributed by atoms with Gasteiger partial charge in [-0.1, -0.05) is 0 Å². The molecule has 2 rings (SSSR count). The van der Waals surface area contributed by atoms with Crippen LogP contribution in [0.1, 0.15) is 6.42 Å². The van der Waals surface area contributed by atoms with E-state index in [0.29, 0.717) is 12.1 Å². The first-order valence-corrected chi connectivity index (χ1v) is 2.80. The first kappa shape index (κ1) is 3.87. The van der Waals surface area contributed by atoms with Gasteiger partial charge in [0.05, 0.1) is 12.7 Å². The van der Waals surface area contributed by atoms with Crippen LogP contribution in [0.15, 0.2) is 0 Å². The number of fused-ring (bicyclic) bond motifs is 2. The predicted molar refractivity (Wildman–Crippen MR) is 26.1 cm³/mol. The molecular weight excluding hydrogens is 90.1 g/mol. The summed E-state index contributed by atoms with van der Waals surface area (Å²) in [5.74, 6) is 0. The van der Waals surface area contributed by atoms with E-state index in [1.807, 2.05) is 0 Å². The summed E-state index contributed by atoms with van der Waals surface area (Å²) in [6.45, 7) is 2.04. The third-order valence-corrected chi connectivity index (χ3v) is 1.71. The molecule has 7 heavy (non-hydrogen) atoms. The normalized spacial score (nSPS) is 48.0. The van der Waals surface area contributed by atoms with Gasteiger partial charge in [0.2, 0.25) is 0 Å². The van der Waals surface area contributed by atoms with Crippen molar-refractivity contribution < 1.29 is 4.74 Å². The summed E-state index contributed by atoms with van der Waals surface area (Å²) >= 11 is 0. The molecule has 2 atom stereocenters. The van der Waals surface area contributed by atoms with E-state index in [1.165, 1.54) is 6.42 Å². The lowest BCUT2D eigenvalue weighted by Crippen LogP contribution is -2.30. The van der Waals surface area contributed by atoms with Gasteiger partial charge < -0.3 is 10.1 Å². The van der Waals surface area contributed by atoms with Gasteiger partial charge in [-0.15, -0.1) is 0 Å². The molecule has 40 valence electrons. The Bertz CT molecular complexity index is 66.1. The summed E-state index contributed by atoms with van der Waals surface area (Å²) in [5.41, 5.74) is 0. The first-order valence-electron chi connectivity index (χ1n) is 2.80. The zero-order valence-corrected chi connectivity index (χ0v) is 4.18. The number of ether oxygens (including phenoxy) is 1. The van der Waals surface area contributed by atoms with Crippen molar-refractivity contribution in [1.82, 2.24) is 5.32 Å². The van der Waals surface area contributed by atoms with Crippen molar-refractivity contribution in [2.24, 2.45) is 0 Å². The van der Waals surface area contributed by atoms with Crippen molar-refractivity contribution in [2.45, 2.75) is 18.6 Å². The van der Waals surface area contributed by atoms with Gasteiger partial charge in [-0.3, -0.25) is 0 Å². The minimum atomic E-state index is 0.560. The lowest BCUT2D eigenvalue weighted by Gasteiger charge is -2.09. The summed E-state index contributed by atoms with van der Waals surface area (Å²) < 4.78 is 5.29. The average Bonchev–Trinajstić information content (AvgIpc) is 2.22. The molecule has 2 fully saturated rings. The Labute approximate surface area is 42.9 Å². The predicted octanol–water partition coefficient (Wildman–Crippen LogP) is -0.253. The molecule has 2 aliphatic rings. The van der Waals surface area contributed by atoms with E-state index in [9.17, 15) is 0 Å². The highest BCUT2D eigenvalue weighted by atomic mass is 16.5. The second kappa shape index (κ2) is 1.20. The smallest absolute Gasteiger partial charge is 0.0716 e. The molecule has 2 bridgehead atoms. The van der Waals surface area contributed by atoms with Gasteiger partial charge in [-0.25, -0.2) is 0 Å². The van der Waals surface area contributed by atoms with E-state index in [1.54, 1.807) is 0 Å². The minimum absolute atomic E-state index is 0.560. The van der Waals surface area contributed by atoms with Crippen LogP contribution in [-0.4, -0.2) is 25.3 Å². The Morgan fingerprint density at radius 1 is 1.57 bits per heavy atom. The van der Waals surface area contributed by atoms with Crippen LogP contribution in [0.5, 0.6) is 0 Å². The Balaban J connectivity index is 2.12. The summed E-state index contributed by atoms with van der Waals surface area (Å²) in [4.78, 5) is 0. The molecule has 0 aromatic carbocycles. The minimum Gasteiger partial charge on any atom is -0.375 e. The number of hydrogen-bond acceptors (Lipinski definition) is 2. The number of morpholine rings is 1. The van der Waals surface area contributed by atoms with Crippen molar-refractivity contribution >= 4 is 0 Å². The molecule has 2 saturated heterocycles. The molecule has 0 spiro atoms. The van der Waals surface area contributed by atoms with Crippen LogP contribution < -0.4 is 5.32 Å². The highest BCUT2D eigenvalue weighted by Crippen LogP contribution is 2.17. The quantitative estimate of drug-likeness (QED) is 0.452. The van der Waals surface area contributed by atoms with Crippen LogP contribution in [0, 0.1) is 0 Å². The van der Waals surface area contributed by atoms with E-state index in [4.69, 9.17) is 4.74 Å². The van der Waals surface area contributed by atoms with Crippen LogP contribution in [-0.2, 0) is 4.74 Å². The molecule has 2 heterocycles. The van der Waals surface area contributed by atoms with Crippen LogP contribution in [0.4, 0.5) is 0 Å². The standard InChI is InChI=1S/C5H9NO/c1-4-3-7-5(1)2-6-4/h4-6H,1-3H2/t4?,5-/m0/s1. The zero-order chi connectivity index (χ0) is 4.69. The molecule has 2 aliphatic heterocycles. The Morgan fingerprint density at radius 3 is 2.71 bits per heavy atom. The fourth-order valence-electron chi connectivity index (χ4n) is 1.29. The molecule has 1 N–H and O–H groups in total. The van der Waals surface area contributed by atoms with Crippen molar-refractivity contribution in [1.29, 1.82) is 0 Å². The summed E-state index contributed by atoms with van der Waals surface area (Å²) in [5, 5.41) is 3.33. The molecule has 2 nitrogen and oxygen atoms in total. The second-order valence-corrected chi connectivity index (χ2v) is 2.30. The van der Waals surface area contributed by atoms with E-state index in [0.717, 1.165) is 13.2 Å². The van der Waals surface area contributed by atoms with Crippen molar-refractivity contribution in [2.75, 3.05) is 13.2 Å². The van der Waals surface area contributed by atoms with E-state index < -0.39 is 0 Å². The number of nitrogens with one attached hydrogen (secondary N) is 1. The van der Waals surface area contributed by atoms with Gasteiger partial charge in [0.1, 0.15) is 0 Å². The highest BCUT2D eigenvalue weighted by molar-refractivity contribution is 4.87. The molecule has 2 heteroatoms. The van der Waals surface area contributed by atoms with Gasteiger partial charge in [0.15, 0.2) is 0 Å². The molecule has 0 radical (unpaired) electrons. The van der Waals surface area contributed by atoms with Gasteiger partial charge in [0, 0.05) is 12.6 Å². The van der Waals surface area contributed by atoms with Gasteiger partial charge in [0.25, 0.3) is 0 Å². The SMILES string of the molecule is C1O[C@@H]2CNC1C2. The molecular formula is C5H9NO. The van der Waals surface area contributed by atoms with E-state index >= 15 is 0 Å². The first-order chi connectivity index (χ1) is 3.45. The van der Waals surface area contributed by atoms with E-state index in [2.05, 4.69) is 5.32 Å². The Morgan fingerprint density at radius 2 is 2.57 bits per heavy atom. The average molecular weight is 99.1 g/mol. The van der Waals surface area contributed by atoms with Gasteiger partial charge >= 0.3 is 0 Å². The lowest BCUT2D eigenvalue weighted by atomic mass is 10.3. The van der Waals surface area contributed by atoms with E-state index in [-0.39, 0.29) is 0 Å². The molecule has 0 saturated carbocycles. The molecule has 0 amide bonds. The number of rotatable bonds is 0. The highest BCUT2D eigenvalue weighted by Gasteiger charge is 2.31. The van der Waals surface area contributed by atoms with Gasteiger partial charge in [-0.05, 0) is 6.42 Å². The fourth-order valence-corrected chi connectivity index (χ4v) is 1.29. The van der Waals surface area contributed by atoms with Crippen molar-refractivity contribution in [3.63, 3.8) is 0 Å². The monoisotopic (exact) mass is 99.1 g/mol. The molecule has 0 aromatic heterocycles. The topological polar surface area (TPSA) is 21.3 Å². The zero-order valence-electron chi connectivity index (χ0n) is 4.18. The van der Waals surface area contributed by atoms with Gasteiger partial charge in [-0.2, -0.15) is 0 Å². The second-order valence-electron chi connectivity index (χ2n) is 2.30. The van der Waals surface area contributed by atoms with Crippen molar-refractivity contribution in [3.8, 4) is 0 Å². The molecule has 0 aromatic rings. The van der Waals surface area contributed by atoms with Crippen LogP contribution in [0.3, 0.4) is 0 Å². The third kappa shape index (κ3) is 0.469. The summed E-state index contributed by atoms with van der Waals surface area (Å²) in [6, 6.07) is 0.699. The maximum atomic E-state index is 5.29. The third-order valence-electron chi connectivity index (χ3n) is 1.71. The maximum Gasteiger partial charge on any atom is 0.0716 e. The molecule has 1 unspecified atom stereocenters. The van der Waals surface area contributed by atoms with Crippen molar-refractivity contribution in [3.05, 3.63) is 0 Å². The Kier molecular flexibility index (Phi) is 0.664. The van der Waals surface area contributed by atoms with Crippen LogP contribution >= 0.6 is 0 Å². The largest absolute Gasteiger partial charge is 0.375 e. The summed E-state index contributed by atoms with van der Waals surface area (Å²) in [7, 11) is 0. The number of hydrogen-bond donors (Lipinski definition) is 1. The maximum absolute atomic E-state index is 5.29. The Hall–Kier alpha value is -0.0800. The van der Waals surface area contributed by atoms with Crippen LogP contribution in [0.2, 0.25) is 0 Å². The lowest BCUT2D eigenvalue weighted by molar-refractivity contribution is 0.0892. The fraction of sp³-hybridized carbons (Fsp3) is 1.00. The molecule has 0 aliphatic carbocycles. The summed E-state index contributed by atoms with van der Waals surface area (Å²) in [6.07, 6.45) is 1.81. The van der Waals surface area contributed by atoms with Crippen LogP contribution in [0.25, 0.3) is 0 Å².